The zero-order valence-electron chi connectivity index (χ0n) is 22.8. The van der Waals surface area contributed by atoms with Crippen molar-refractivity contribution in [2.45, 2.75) is 58.0 Å². The largest absolute Gasteiger partial charge is 0.481 e. The molecule has 0 radical (unpaired) electrons. The molecule has 0 spiro atoms. The third kappa shape index (κ3) is 6.67. The van der Waals surface area contributed by atoms with Crippen molar-refractivity contribution in [3.63, 3.8) is 0 Å². The molecular formula is C30H36N4O6. The maximum absolute atomic E-state index is 13.8. The number of amides is 2. The predicted octanol–water partition coefficient (Wildman–Crippen LogP) is 2.62. The minimum absolute atomic E-state index is 0.0766. The van der Waals surface area contributed by atoms with Crippen LogP contribution < -0.4 is 21.9 Å². The normalized spacial score (nSPS) is 18.7. The number of hydrogen-bond donors (Lipinski definition) is 4. The Balaban J connectivity index is 1.55. The van der Waals surface area contributed by atoms with Gasteiger partial charge in [0, 0.05) is 13.0 Å². The lowest BCUT2D eigenvalue weighted by Crippen LogP contribution is -2.54. The van der Waals surface area contributed by atoms with E-state index >= 15 is 0 Å². The Morgan fingerprint density at radius 1 is 0.950 bits per heavy atom. The molecule has 1 saturated carbocycles. The number of aromatic amines is 1. The van der Waals surface area contributed by atoms with Crippen molar-refractivity contribution in [3.8, 4) is 0 Å². The first-order valence-corrected chi connectivity index (χ1v) is 13.7. The number of H-pyrrole nitrogens is 1. The van der Waals surface area contributed by atoms with Crippen LogP contribution in [0.25, 0.3) is 10.9 Å². The molecule has 2 amide bonds. The first-order chi connectivity index (χ1) is 19.2. The smallest absolute Gasteiger partial charge is 0.329 e. The predicted molar refractivity (Wildman–Crippen MR) is 151 cm³/mol. The summed E-state index contributed by atoms with van der Waals surface area (Å²) in [4.78, 5) is 67.4. The molecule has 40 heavy (non-hydrogen) atoms. The maximum Gasteiger partial charge on any atom is 0.329 e. The van der Waals surface area contributed by atoms with Crippen molar-refractivity contribution in [2.75, 3.05) is 6.54 Å². The Hall–Kier alpha value is -4.21. The van der Waals surface area contributed by atoms with Crippen molar-refractivity contribution in [2.24, 2.45) is 17.8 Å². The SMILES string of the molecule is CC(C)[C@H](NC(=O)[C@H](Cc1ccccc1)n1c(=O)[nH]c2ccccc2c1=O)C(=O)NCC1CCC(C(=O)O)CC1. The zero-order chi connectivity index (χ0) is 28.8. The third-order valence-corrected chi connectivity index (χ3v) is 7.73. The van der Waals surface area contributed by atoms with Gasteiger partial charge in [-0.3, -0.25) is 19.2 Å². The molecule has 10 nitrogen and oxygen atoms in total. The van der Waals surface area contributed by atoms with Crippen molar-refractivity contribution in [1.29, 1.82) is 0 Å². The lowest BCUT2D eigenvalue weighted by Gasteiger charge is -2.28. The molecule has 212 valence electrons. The molecule has 1 aromatic heterocycles. The number of carbonyl (C=O) groups excluding carboxylic acids is 2. The Bertz CT molecular complexity index is 1470. The summed E-state index contributed by atoms with van der Waals surface area (Å²) in [5.74, 6) is -2.18. The van der Waals surface area contributed by atoms with Gasteiger partial charge in [-0.25, -0.2) is 9.36 Å². The number of aliphatic carboxylic acids is 1. The van der Waals surface area contributed by atoms with Crippen molar-refractivity contribution in [3.05, 3.63) is 81.0 Å². The van der Waals surface area contributed by atoms with Gasteiger partial charge in [0.05, 0.1) is 16.8 Å². The Morgan fingerprint density at radius 2 is 1.60 bits per heavy atom. The summed E-state index contributed by atoms with van der Waals surface area (Å²) in [6, 6.07) is 13.6. The molecule has 0 saturated heterocycles. The van der Waals surface area contributed by atoms with Gasteiger partial charge in [-0.2, -0.15) is 0 Å². The summed E-state index contributed by atoms with van der Waals surface area (Å²) in [5, 5.41) is 15.2. The molecule has 0 aliphatic heterocycles. The highest BCUT2D eigenvalue weighted by molar-refractivity contribution is 5.89. The number of carboxylic acid groups (broad SMARTS) is 1. The quantitative estimate of drug-likeness (QED) is 0.306. The lowest BCUT2D eigenvalue weighted by molar-refractivity contribution is -0.143. The number of carboxylic acids is 1. The van der Waals surface area contributed by atoms with E-state index in [-0.39, 0.29) is 35.5 Å². The lowest BCUT2D eigenvalue weighted by atomic mass is 9.82. The van der Waals surface area contributed by atoms with Crippen LogP contribution in [0.3, 0.4) is 0 Å². The van der Waals surface area contributed by atoms with Crippen molar-refractivity contribution < 1.29 is 19.5 Å². The molecule has 0 unspecified atom stereocenters. The summed E-state index contributed by atoms with van der Waals surface area (Å²) >= 11 is 0. The highest BCUT2D eigenvalue weighted by Gasteiger charge is 2.32. The van der Waals surface area contributed by atoms with E-state index in [1.807, 2.05) is 44.2 Å². The number of hydrogen-bond acceptors (Lipinski definition) is 5. The molecule has 1 fully saturated rings. The third-order valence-electron chi connectivity index (χ3n) is 7.73. The van der Waals surface area contributed by atoms with E-state index in [2.05, 4.69) is 15.6 Å². The molecular weight excluding hydrogens is 512 g/mol. The Labute approximate surface area is 231 Å². The molecule has 0 bridgehead atoms. The number of rotatable bonds is 10. The number of nitrogens with zero attached hydrogens (tertiary/aromatic N) is 1. The number of nitrogens with one attached hydrogen (secondary N) is 3. The van der Waals surface area contributed by atoms with Crippen LogP contribution in [0, 0.1) is 17.8 Å². The first-order valence-electron chi connectivity index (χ1n) is 13.7. The summed E-state index contributed by atoms with van der Waals surface area (Å²) in [6.07, 6.45) is 2.66. The average Bonchev–Trinajstić information content (AvgIpc) is 2.94. The summed E-state index contributed by atoms with van der Waals surface area (Å²) in [5.41, 5.74) is -0.158. The maximum atomic E-state index is 13.8. The molecule has 1 heterocycles. The van der Waals surface area contributed by atoms with Gasteiger partial charge in [0.15, 0.2) is 0 Å². The summed E-state index contributed by atoms with van der Waals surface area (Å²) < 4.78 is 0.931. The summed E-state index contributed by atoms with van der Waals surface area (Å²) in [7, 11) is 0. The van der Waals surface area contributed by atoms with Crippen molar-refractivity contribution >= 4 is 28.7 Å². The molecule has 10 heteroatoms. The molecule has 2 aromatic carbocycles. The van der Waals surface area contributed by atoms with Crippen molar-refractivity contribution in [1.82, 2.24) is 20.2 Å². The molecule has 3 aromatic rings. The second kappa shape index (κ2) is 12.8. The van der Waals surface area contributed by atoms with Gasteiger partial charge in [0.1, 0.15) is 12.1 Å². The number of fused-ring (bicyclic) bond motifs is 1. The van der Waals surface area contributed by atoms with Gasteiger partial charge in [-0.05, 0) is 55.2 Å². The van der Waals surface area contributed by atoms with E-state index in [1.54, 1.807) is 24.3 Å². The highest BCUT2D eigenvalue weighted by atomic mass is 16.4. The number of aromatic nitrogens is 2. The zero-order valence-corrected chi connectivity index (χ0v) is 22.8. The first kappa shape index (κ1) is 28.8. The van der Waals surface area contributed by atoms with Crippen LogP contribution in [0.2, 0.25) is 0 Å². The van der Waals surface area contributed by atoms with E-state index in [0.717, 1.165) is 10.1 Å². The molecule has 1 aliphatic carbocycles. The van der Waals surface area contributed by atoms with Crippen LogP contribution in [-0.4, -0.2) is 45.0 Å². The number of carbonyl (C=O) groups is 3. The van der Waals surface area contributed by atoms with Gasteiger partial charge in [0.2, 0.25) is 11.8 Å². The van der Waals surface area contributed by atoms with Gasteiger partial charge in [-0.15, -0.1) is 0 Å². The van der Waals surface area contributed by atoms with Gasteiger partial charge in [0.25, 0.3) is 5.56 Å². The standard InChI is InChI=1S/C30H36N4O6/c1-18(2)25(27(36)31-17-20-12-14-21(15-13-20)29(38)39)33-26(35)24(16-19-8-4-3-5-9-19)34-28(37)22-10-6-7-11-23(22)32-30(34)40/h3-11,18,20-21,24-25H,12-17H2,1-2H3,(H,31,36)(H,32,40)(H,33,35)(H,38,39)/t20?,21?,24-,25-/m0/s1. The fourth-order valence-corrected chi connectivity index (χ4v) is 5.35. The highest BCUT2D eigenvalue weighted by Crippen LogP contribution is 2.28. The molecule has 2 atom stereocenters. The van der Waals surface area contributed by atoms with Gasteiger partial charge >= 0.3 is 11.7 Å². The fourth-order valence-electron chi connectivity index (χ4n) is 5.35. The van der Waals surface area contributed by atoms with Crippen LogP contribution in [0.15, 0.2) is 64.2 Å². The second-order valence-corrected chi connectivity index (χ2v) is 10.9. The molecule has 4 N–H and O–H groups in total. The van der Waals surface area contributed by atoms with Crippen LogP contribution in [0.5, 0.6) is 0 Å². The van der Waals surface area contributed by atoms with E-state index in [4.69, 9.17) is 0 Å². The monoisotopic (exact) mass is 548 g/mol. The van der Waals surface area contributed by atoms with Crippen LogP contribution in [-0.2, 0) is 20.8 Å². The second-order valence-electron chi connectivity index (χ2n) is 10.9. The number of benzene rings is 2. The molecule has 1 aliphatic rings. The van der Waals surface area contributed by atoms with E-state index < -0.39 is 35.2 Å². The van der Waals surface area contributed by atoms with Gasteiger partial charge < -0.3 is 20.7 Å². The molecule has 4 rings (SSSR count). The minimum atomic E-state index is -1.19. The van der Waals surface area contributed by atoms with Crippen LogP contribution >= 0.6 is 0 Å². The Morgan fingerprint density at radius 3 is 2.25 bits per heavy atom. The fraction of sp³-hybridized carbons (Fsp3) is 0.433. The Kier molecular flexibility index (Phi) is 9.19. The van der Waals surface area contributed by atoms with E-state index in [0.29, 0.717) is 37.7 Å². The van der Waals surface area contributed by atoms with Crippen LogP contribution in [0.1, 0.15) is 51.1 Å². The van der Waals surface area contributed by atoms with E-state index in [9.17, 15) is 29.1 Å². The average molecular weight is 549 g/mol. The minimum Gasteiger partial charge on any atom is -0.481 e. The van der Waals surface area contributed by atoms with Gasteiger partial charge in [-0.1, -0.05) is 56.3 Å². The number of para-hydroxylation sites is 1. The van der Waals surface area contributed by atoms with Crippen LogP contribution in [0.4, 0.5) is 0 Å². The topological polar surface area (TPSA) is 150 Å². The summed E-state index contributed by atoms with van der Waals surface area (Å²) in [6.45, 7) is 4.01. The van der Waals surface area contributed by atoms with E-state index in [1.165, 1.54) is 0 Å².